The molecular formula is C22H15NO3. The number of nitrogens with zero attached hydrogens (tertiary/aromatic N) is 1. The van der Waals surface area contributed by atoms with Gasteiger partial charge < -0.3 is 9.67 Å². The summed E-state index contributed by atoms with van der Waals surface area (Å²) in [5.74, 6) is -2.36. The smallest absolute Gasteiger partial charge is 0.377 e. The van der Waals surface area contributed by atoms with Crippen LogP contribution < -0.4 is 0 Å². The van der Waals surface area contributed by atoms with E-state index in [-0.39, 0.29) is 5.56 Å². The first kappa shape index (κ1) is 15.8. The second-order valence-electron chi connectivity index (χ2n) is 5.98. The highest BCUT2D eigenvalue weighted by Crippen LogP contribution is 2.28. The maximum Gasteiger partial charge on any atom is 0.377 e. The summed E-state index contributed by atoms with van der Waals surface area (Å²) in [6, 6.07) is 25.2. The molecule has 0 fully saturated rings. The lowest BCUT2D eigenvalue weighted by molar-refractivity contribution is -0.131. The van der Waals surface area contributed by atoms with Gasteiger partial charge in [-0.1, -0.05) is 60.7 Å². The Hall–Kier alpha value is -3.66. The summed E-state index contributed by atoms with van der Waals surface area (Å²) in [5.41, 5.74) is 3.99. The standard InChI is InChI=1S/C22H15NO3/c24-21(22(25)26)19-14-23(20-12-5-4-11-18(19)20)17-10-6-9-16(13-17)15-7-2-1-3-8-15/h1-14H,(H,25,26). The van der Waals surface area contributed by atoms with Crippen LogP contribution in [0, 0.1) is 0 Å². The van der Waals surface area contributed by atoms with Gasteiger partial charge >= 0.3 is 5.97 Å². The number of aliphatic carboxylic acids is 1. The molecule has 26 heavy (non-hydrogen) atoms. The van der Waals surface area contributed by atoms with Gasteiger partial charge in [-0.2, -0.15) is 0 Å². The predicted molar refractivity (Wildman–Crippen MR) is 101 cm³/mol. The molecule has 0 radical (unpaired) electrons. The van der Waals surface area contributed by atoms with E-state index in [1.807, 2.05) is 71.3 Å². The van der Waals surface area contributed by atoms with Gasteiger partial charge in [0.15, 0.2) is 0 Å². The first-order valence-corrected chi connectivity index (χ1v) is 8.19. The van der Waals surface area contributed by atoms with Crippen LogP contribution in [0.1, 0.15) is 10.4 Å². The molecule has 0 bridgehead atoms. The summed E-state index contributed by atoms with van der Waals surface area (Å²) in [4.78, 5) is 23.2. The SMILES string of the molecule is O=C(O)C(=O)c1cn(-c2cccc(-c3ccccc3)c2)c2ccccc12. The Balaban J connectivity index is 1.90. The molecule has 0 aliphatic rings. The van der Waals surface area contributed by atoms with Crippen molar-refractivity contribution in [2.24, 2.45) is 0 Å². The third-order valence-corrected chi connectivity index (χ3v) is 4.38. The van der Waals surface area contributed by atoms with Crippen molar-refractivity contribution < 1.29 is 14.7 Å². The molecule has 1 N–H and O–H groups in total. The Morgan fingerprint density at radius 2 is 1.46 bits per heavy atom. The van der Waals surface area contributed by atoms with E-state index in [1.165, 1.54) is 0 Å². The Bertz CT molecular complexity index is 1130. The summed E-state index contributed by atoms with van der Waals surface area (Å²) < 4.78 is 1.86. The van der Waals surface area contributed by atoms with E-state index in [1.54, 1.807) is 18.3 Å². The Morgan fingerprint density at radius 3 is 2.23 bits per heavy atom. The van der Waals surface area contributed by atoms with Gasteiger partial charge in [0.2, 0.25) is 0 Å². The van der Waals surface area contributed by atoms with Crippen molar-refractivity contribution in [2.45, 2.75) is 0 Å². The number of fused-ring (bicyclic) bond motifs is 1. The lowest BCUT2D eigenvalue weighted by atomic mass is 10.1. The fourth-order valence-electron chi connectivity index (χ4n) is 3.16. The van der Waals surface area contributed by atoms with Crippen LogP contribution in [0.15, 0.2) is 85.1 Å². The number of aromatic nitrogens is 1. The summed E-state index contributed by atoms with van der Waals surface area (Å²) in [6.07, 6.45) is 1.60. The summed E-state index contributed by atoms with van der Waals surface area (Å²) in [6.45, 7) is 0. The highest BCUT2D eigenvalue weighted by Gasteiger charge is 2.21. The molecule has 0 saturated carbocycles. The van der Waals surface area contributed by atoms with Gasteiger partial charge in [-0.25, -0.2) is 4.79 Å². The molecule has 4 nitrogen and oxygen atoms in total. The van der Waals surface area contributed by atoms with E-state index in [0.717, 1.165) is 22.3 Å². The monoisotopic (exact) mass is 341 g/mol. The van der Waals surface area contributed by atoms with Crippen molar-refractivity contribution in [3.8, 4) is 16.8 Å². The largest absolute Gasteiger partial charge is 0.475 e. The number of para-hydroxylation sites is 1. The van der Waals surface area contributed by atoms with E-state index in [0.29, 0.717) is 5.39 Å². The van der Waals surface area contributed by atoms with Gasteiger partial charge in [0.1, 0.15) is 0 Å². The number of Topliss-reactive ketones (excluding diaryl/α,β-unsaturated/α-hetero) is 1. The number of carboxylic acid groups (broad SMARTS) is 1. The van der Waals surface area contributed by atoms with Crippen LogP contribution in [0.3, 0.4) is 0 Å². The second kappa shape index (κ2) is 6.33. The van der Waals surface area contributed by atoms with Crippen molar-refractivity contribution >= 4 is 22.7 Å². The molecular weight excluding hydrogens is 326 g/mol. The van der Waals surface area contributed by atoms with Crippen LogP contribution in [-0.2, 0) is 4.79 Å². The minimum atomic E-state index is -1.45. The molecule has 3 aromatic carbocycles. The van der Waals surface area contributed by atoms with Crippen LogP contribution in [-0.4, -0.2) is 21.4 Å². The second-order valence-corrected chi connectivity index (χ2v) is 5.98. The quantitative estimate of drug-likeness (QED) is 0.437. The molecule has 0 saturated heterocycles. The van der Waals surface area contributed by atoms with Crippen molar-refractivity contribution in [2.75, 3.05) is 0 Å². The molecule has 126 valence electrons. The number of carboxylic acids is 1. The highest BCUT2D eigenvalue weighted by molar-refractivity contribution is 6.42. The number of ketones is 1. The van der Waals surface area contributed by atoms with Crippen LogP contribution in [0.25, 0.3) is 27.7 Å². The van der Waals surface area contributed by atoms with Crippen LogP contribution >= 0.6 is 0 Å². The van der Waals surface area contributed by atoms with Crippen molar-refractivity contribution in [3.05, 3.63) is 90.6 Å². The average molecular weight is 341 g/mol. The van der Waals surface area contributed by atoms with Crippen LogP contribution in [0.5, 0.6) is 0 Å². The lowest BCUT2D eigenvalue weighted by Crippen LogP contribution is -2.12. The third-order valence-electron chi connectivity index (χ3n) is 4.38. The zero-order valence-corrected chi connectivity index (χ0v) is 13.8. The zero-order valence-electron chi connectivity index (χ0n) is 13.8. The highest BCUT2D eigenvalue weighted by atomic mass is 16.4. The number of hydrogen-bond donors (Lipinski definition) is 1. The summed E-state index contributed by atoms with van der Waals surface area (Å²) >= 11 is 0. The molecule has 0 aliphatic carbocycles. The van der Waals surface area contributed by atoms with Gasteiger partial charge in [-0.05, 0) is 29.3 Å². The summed E-state index contributed by atoms with van der Waals surface area (Å²) in [5, 5.41) is 9.74. The van der Waals surface area contributed by atoms with E-state index < -0.39 is 11.8 Å². The predicted octanol–water partition coefficient (Wildman–Crippen LogP) is 4.56. The van der Waals surface area contributed by atoms with Crippen molar-refractivity contribution in [1.29, 1.82) is 0 Å². The minimum absolute atomic E-state index is 0.193. The molecule has 4 rings (SSSR count). The molecule has 0 unspecified atom stereocenters. The lowest BCUT2D eigenvalue weighted by Gasteiger charge is -2.08. The molecule has 4 heteroatoms. The maximum absolute atomic E-state index is 12.1. The number of benzene rings is 3. The molecule has 0 spiro atoms. The topological polar surface area (TPSA) is 59.3 Å². The molecule has 0 aliphatic heterocycles. The van der Waals surface area contributed by atoms with E-state index in [9.17, 15) is 9.59 Å². The molecule has 1 aromatic heterocycles. The normalized spacial score (nSPS) is 10.8. The molecule has 4 aromatic rings. The van der Waals surface area contributed by atoms with E-state index in [2.05, 4.69) is 0 Å². The number of rotatable bonds is 4. The van der Waals surface area contributed by atoms with Crippen molar-refractivity contribution in [3.63, 3.8) is 0 Å². The minimum Gasteiger partial charge on any atom is -0.475 e. The van der Waals surface area contributed by atoms with Gasteiger partial charge in [-0.15, -0.1) is 0 Å². The average Bonchev–Trinajstić information content (AvgIpc) is 3.08. The van der Waals surface area contributed by atoms with E-state index >= 15 is 0 Å². The van der Waals surface area contributed by atoms with Gasteiger partial charge in [0.25, 0.3) is 5.78 Å². The Morgan fingerprint density at radius 1 is 0.769 bits per heavy atom. The zero-order chi connectivity index (χ0) is 18.1. The van der Waals surface area contributed by atoms with Crippen LogP contribution in [0.4, 0.5) is 0 Å². The Kier molecular flexibility index (Phi) is 3.86. The summed E-state index contributed by atoms with van der Waals surface area (Å²) in [7, 11) is 0. The molecule has 0 amide bonds. The fourth-order valence-corrected chi connectivity index (χ4v) is 3.16. The Labute approximate surface area is 149 Å². The van der Waals surface area contributed by atoms with Gasteiger partial charge in [0.05, 0.1) is 11.1 Å². The maximum atomic E-state index is 12.1. The number of carbonyl (C=O) groups is 2. The van der Waals surface area contributed by atoms with Gasteiger partial charge in [-0.3, -0.25) is 4.79 Å². The van der Waals surface area contributed by atoms with Crippen molar-refractivity contribution in [1.82, 2.24) is 4.57 Å². The van der Waals surface area contributed by atoms with Gasteiger partial charge in [0, 0.05) is 17.3 Å². The fraction of sp³-hybridized carbons (Fsp3) is 0. The molecule has 1 heterocycles. The number of carbonyl (C=O) groups excluding carboxylic acids is 1. The third kappa shape index (κ3) is 2.67. The van der Waals surface area contributed by atoms with Crippen LogP contribution in [0.2, 0.25) is 0 Å². The molecule has 0 atom stereocenters. The number of hydrogen-bond acceptors (Lipinski definition) is 2. The van der Waals surface area contributed by atoms with E-state index in [4.69, 9.17) is 5.11 Å². The first-order chi connectivity index (χ1) is 12.6. The first-order valence-electron chi connectivity index (χ1n) is 8.19.